The zero-order chi connectivity index (χ0) is 13.1. The van der Waals surface area contributed by atoms with Gasteiger partial charge in [0.25, 0.3) is 0 Å². The highest BCUT2D eigenvalue weighted by atomic mass is 16.5. The molecular formula is C15H23N3O. The van der Waals surface area contributed by atoms with Crippen molar-refractivity contribution in [1.29, 1.82) is 0 Å². The summed E-state index contributed by atoms with van der Waals surface area (Å²) in [5.74, 6) is 1.14. The normalized spacial score (nSPS) is 22.7. The minimum Gasteiger partial charge on any atom is -0.379 e. The predicted octanol–water partition coefficient (Wildman–Crippen LogP) is 1.69. The van der Waals surface area contributed by atoms with E-state index in [4.69, 9.17) is 4.74 Å². The van der Waals surface area contributed by atoms with E-state index in [1.807, 2.05) is 0 Å². The molecule has 0 spiro atoms. The lowest BCUT2D eigenvalue weighted by Gasteiger charge is -2.40. The Balaban J connectivity index is 1.57. The summed E-state index contributed by atoms with van der Waals surface area (Å²) in [6, 6.07) is 7.03. The van der Waals surface area contributed by atoms with Gasteiger partial charge in [0.1, 0.15) is 5.82 Å². The molecule has 1 aromatic rings. The van der Waals surface area contributed by atoms with Crippen molar-refractivity contribution < 1.29 is 4.74 Å². The van der Waals surface area contributed by atoms with Gasteiger partial charge in [0, 0.05) is 37.9 Å². The molecule has 2 aliphatic heterocycles. The van der Waals surface area contributed by atoms with E-state index >= 15 is 0 Å². The molecule has 0 unspecified atom stereocenters. The van der Waals surface area contributed by atoms with E-state index in [0.717, 1.165) is 56.9 Å². The Morgan fingerprint density at radius 2 is 1.84 bits per heavy atom. The third-order valence-electron chi connectivity index (χ3n) is 4.22. The SMILES string of the molecule is Cc1cccc(N2CCC(N3CCOCC3)CC2)n1. The number of hydrogen-bond donors (Lipinski definition) is 0. The molecule has 0 bridgehead atoms. The molecule has 0 saturated carbocycles. The maximum atomic E-state index is 5.43. The van der Waals surface area contributed by atoms with Crippen LogP contribution in [0.3, 0.4) is 0 Å². The lowest BCUT2D eigenvalue weighted by Crippen LogP contribution is -2.49. The standard InChI is InChI=1S/C15H23N3O/c1-13-3-2-4-15(16-13)18-7-5-14(6-8-18)17-9-11-19-12-10-17/h2-4,14H,5-12H2,1H3. The second-order valence-corrected chi connectivity index (χ2v) is 5.50. The second kappa shape index (κ2) is 5.88. The van der Waals surface area contributed by atoms with E-state index in [2.05, 4.69) is 39.9 Å². The van der Waals surface area contributed by atoms with Crippen molar-refractivity contribution in [2.45, 2.75) is 25.8 Å². The molecule has 1 aromatic heterocycles. The topological polar surface area (TPSA) is 28.6 Å². The number of morpholine rings is 1. The molecule has 0 amide bonds. The lowest BCUT2D eigenvalue weighted by molar-refractivity contribution is 0.0115. The van der Waals surface area contributed by atoms with Crippen molar-refractivity contribution in [3.8, 4) is 0 Å². The van der Waals surface area contributed by atoms with Crippen LogP contribution < -0.4 is 4.90 Å². The fraction of sp³-hybridized carbons (Fsp3) is 0.667. The van der Waals surface area contributed by atoms with Crippen molar-refractivity contribution >= 4 is 5.82 Å². The maximum absolute atomic E-state index is 5.43. The van der Waals surface area contributed by atoms with Gasteiger partial charge in [0.2, 0.25) is 0 Å². The summed E-state index contributed by atoms with van der Waals surface area (Å²) < 4.78 is 5.43. The van der Waals surface area contributed by atoms with Crippen LogP contribution in [0.5, 0.6) is 0 Å². The summed E-state index contributed by atoms with van der Waals surface area (Å²) in [6.07, 6.45) is 2.49. The zero-order valence-corrected chi connectivity index (χ0v) is 11.7. The van der Waals surface area contributed by atoms with E-state index in [1.54, 1.807) is 0 Å². The number of aryl methyl sites for hydroxylation is 1. The number of pyridine rings is 1. The van der Waals surface area contributed by atoms with E-state index < -0.39 is 0 Å². The Labute approximate surface area is 115 Å². The van der Waals surface area contributed by atoms with Crippen LogP contribution in [-0.2, 0) is 4.74 Å². The average molecular weight is 261 g/mol. The van der Waals surface area contributed by atoms with Crippen molar-refractivity contribution in [2.75, 3.05) is 44.3 Å². The smallest absolute Gasteiger partial charge is 0.128 e. The van der Waals surface area contributed by atoms with Gasteiger partial charge >= 0.3 is 0 Å². The van der Waals surface area contributed by atoms with Gasteiger partial charge < -0.3 is 9.64 Å². The maximum Gasteiger partial charge on any atom is 0.128 e. The molecule has 0 N–H and O–H groups in total. The van der Waals surface area contributed by atoms with Gasteiger partial charge in [-0.1, -0.05) is 6.07 Å². The van der Waals surface area contributed by atoms with Crippen molar-refractivity contribution in [3.63, 3.8) is 0 Å². The second-order valence-electron chi connectivity index (χ2n) is 5.50. The predicted molar refractivity (Wildman–Crippen MR) is 76.6 cm³/mol. The Morgan fingerprint density at radius 1 is 1.11 bits per heavy atom. The van der Waals surface area contributed by atoms with Gasteiger partial charge in [0.15, 0.2) is 0 Å². The van der Waals surface area contributed by atoms with Crippen LogP contribution in [0.15, 0.2) is 18.2 Å². The molecule has 4 nitrogen and oxygen atoms in total. The van der Waals surface area contributed by atoms with E-state index in [9.17, 15) is 0 Å². The fourth-order valence-electron chi connectivity index (χ4n) is 3.11. The molecule has 19 heavy (non-hydrogen) atoms. The highest BCUT2D eigenvalue weighted by molar-refractivity contribution is 5.39. The molecule has 104 valence electrons. The Bertz CT molecular complexity index is 410. The van der Waals surface area contributed by atoms with Crippen LogP contribution in [0.1, 0.15) is 18.5 Å². The first-order valence-corrected chi connectivity index (χ1v) is 7.33. The summed E-state index contributed by atoms with van der Waals surface area (Å²) >= 11 is 0. The molecule has 0 atom stereocenters. The van der Waals surface area contributed by atoms with Gasteiger partial charge in [-0.15, -0.1) is 0 Å². The van der Waals surface area contributed by atoms with Crippen LogP contribution in [0.4, 0.5) is 5.82 Å². The fourth-order valence-corrected chi connectivity index (χ4v) is 3.11. The van der Waals surface area contributed by atoms with Gasteiger partial charge in [-0.05, 0) is 31.9 Å². The average Bonchev–Trinajstić information content (AvgIpc) is 2.48. The number of aromatic nitrogens is 1. The Hall–Kier alpha value is -1.13. The first-order chi connectivity index (χ1) is 9.33. The number of anilines is 1. The van der Waals surface area contributed by atoms with Crippen molar-refractivity contribution in [2.24, 2.45) is 0 Å². The lowest BCUT2D eigenvalue weighted by atomic mass is 10.0. The minimum absolute atomic E-state index is 0.741. The molecule has 3 rings (SSSR count). The monoisotopic (exact) mass is 261 g/mol. The highest BCUT2D eigenvalue weighted by Gasteiger charge is 2.26. The van der Waals surface area contributed by atoms with Crippen LogP contribution in [0, 0.1) is 6.92 Å². The van der Waals surface area contributed by atoms with Gasteiger partial charge in [-0.2, -0.15) is 0 Å². The van der Waals surface area contributed by atoms with Crippen molar-refractivity contribution in [1.82, 2.24) is 9.88 Å². The van der Waals surface area contributed by atoms with E-state index in [0.29, 0.717) is 0 Å². The quantitative estimate of drug-likeness (QED) is 0.810. The molecule has 2 aliphatic rings. The minimum atomic E-state index is 0.741. The van der Waals surface area contributed by atoms with Crippen molar-refractivity contribution in [3.05, 3.63) is 23.9 Å². The summed E-state index contributed by atoms with van der Waals surface area (Å²) in [7, 11) is 0. The van der Waals surface area contributed by atoms with Gasteiger partial charge in [-0.25, -0.2) is 4.98 Å². The zero-order valence-electron chi connectivity index (χ0n) is 11.7. The number of hydrogen-bond acceptors (Lipinski definition) is 4. The van der Waals surface area contributed by atoms with Crippen LogP contribution in [0.25, 0.3) is 0 Å². The van der Waals surface area contributed by atoms with Gasteiger partial charge in [-0.3, -0.25) is 4.90 Å². The van der Waals surface area contributed by atoms with Gasteiger partial charge in [0.05, 0.1) is 13.2 Å². The van der Waals surface area contributed by atoms with Crippen LogP contribution >= 0.6 is 0 Å². The summed E-state index contributed by atoms with van der Waals surface area (Å²) in [5.41, 5.74) is 1.10. The first-order valence-electron chi connectivity index (χ1n) is 7.33. The molecule has 0 aliphatic carbocycles. The summed E-state index contributed by atoms with van der Waals surface area (Å²) in [4.78, 5) is 9.65. The molecular weight excluding hydrogens is 238 g/mol. The Kier molecular flexibility index (Phi) is 3.99. The number of ether oxygens (including phenoxy) is 1. The Morgan fingerprint density at radius 3 is 2.53 bits per heavy atom. The van der Waals surface area contributed by atoms with Crippen LogP contribution in [0.2, 0.25) is 0 Å². The molecule has 3 heterocycles. The molecule has 4 heteroatoms. The summed E-state index contributed by atoms with van der Waals surface area (Å²) in [5, 5.41) is 0. The molecule has 0 aromatic carbocycles. The van der Waals surface area contributed by atoms with E-state index in [1.165, 1.54) is 12.8 Å². The number of rotatable bonds is 2. The number of piperidine rings is 1. The third-order valence-corrected chi connectivity index (χ3v) is 4.22. The van der Waals surface area contributed by atoms with Crippen LogP contribution in [-0.4, -0.2) is 55.3 Å². The largest absolute Gasteiger partial charge is 0.379 e. The first kappa shape index (κ1) is 12.9. The van der Waals surface area contributed by atoms with E-state index in [-0.39, 0.29) is 0 Å². The highest BCUT2D eigenvalue weighted by Crippen LogP contribution is 2.21. The molecule has 2 fully saturated rings. The molecule has 2 saturated heterocycles. The molecule has 0 radical (unpaired) electrons. The summed E-state index contributed by atoms with van der Waals surface area (Å²) in [6.45, 7) is 8.32. The third kappa shape index (κ3) is 3.07. The number of nitrogens with zero attached hydrogens (tertiary/aromatic N) is 3.